The number of nitrogens with one attached hydrogen (secondary N) is 1. The van der Waals surface area contributed by atoms with Crippen LogP contribution in [0, 0.1) is 18.3 Å². The van der Waals surface area contributed by atoms with Crippen molar-refractivity contribution in [2.24, 2.45) is 7.05 Å². The first-order valence-corrected chi connectivity index (χ1v) is 7.03. The Kier molecular flexibility index (Phi) is 4.97. The van der Waals surface area contributed by atoms with Gasteiger partial charge in [0.05, 0.1) is 6.61 Å². The first-order valence-electron chi connectivity index (χ1n) is 7.03. The molecule has 0 spiro atoms. The largest absolute Gasteiger partial charge is 0.383 e. The molecule has 2 aromatic rings. The Bertz CT molecular complexity index is 766. The average molecular weight is 297 g/mol. The number of rotatable bonds is 5. The summed E-state index contributed by atoms with van der Waals surface area (Å²) < 4.78 is 6.94. The monoisotopic (exact) mass is 297 g/mol. The van der Waals surface area contributed by atoms with E-state index >= 15 is 0 Å². The summed E-state index contributed by atoms with van der Waals surface area (Å²) in [6.45, 7) is 2.77. The van der Waals surface area contributed by atoms with E-state index in [0.717, 1.165) is 22.2 Å². The fourth-order valence-electron chi connectivity index (χ4n) is 2.39. The van der Waals surface area contributed by atoms with Gasteiger partial charge in [-0.1, -0.05) is 18.2 Å². The molecule has 114 valence electrons. The highest BCUT2D eigenvalue weighted by molar-refractivity contribution is 6.04. The fraction of sp³-hybridized carbons (Fsp3) is 0.294. The maximum absolute atomic E-state index is 12.0. The first-order chi connectivity index (χ1) is 10.6. The minimum Gasteiger partial charge on any atom is -0.383 e. The zero-order valence-corrected chi connectivity index (χ0v) is 13.0. The molecule has 0 aliphatic heterocycles. The zero-order valence-electron chi connectivity index (χ0n) is 13.0. The van der Waals surface area contributed by atoms with Crippen molar-refractivity contribution < 1.29 is 9.53 Å². The van der Waals surface area contributed by atoms with E-state index in [4.69, 9.17) is 4.74 Å². The number of para-hydroxylation sites is 1. The van der Waals surface area contributed by atoms with Gasteiger partial charge in [-0.3, -0.25) is 4.79 Å². The van der Waals surface area contributed by atoms with Crippen LogP contribution in [-0.4, -0.2) is 30.7 Å². The van der Waals surface area contributed by atoms with Gasteiger partial charge in [0.25, 0.3) is 5.91 Å². The molecule has 0 atom stereocenters. The summed E-state index contributed by atoms with van der Waals surface area (Å²) in [4.78, 5) is 12.0. The average Bonchev–Trinajstić information content (AvgIpc) is 2.77. The van der Waals surface area contributed by atoms with E-state index < -0.39 is 0 Å². The summed E-state index contributed by atoms with van der Waals surface area (Å²) in [5, 5.41) is 13.0. The molecule has 22 heavy (non-hydrogen) atoms. The lowest BCUT2D eigenvalue weighted by Gasteiger charge is -2.03. The Morgan fingerprint density at radius 3 is 2.86 bits per heavy atom. The second-order valence-electron chi connectivity index (χ2n) is 4.99. The molecule has 1 heterocycles. The number of aryl methyl sites for hydroxylation is 1. The van der Waals surface area contributed by atoms with Gasteiger partial charge in [-0.2, -0.15) is 5.26 Å². The van der Waals surface area contributed by atoms with Crippen molar-refractivity contribution in [2.45, 2.75) is 6.92 Å². The van der Waals surface area contributed by atoms with Gasteiger partial charge in [-0.25, -0.2) is 0 Å². The molecule has 1 aromatic heterocycles. The standard InChI is InChI=1S/C17H19N3O2/c1-12-15(14-6-4-5-7-16(14)20(12)2)10-13(11-18)17(21)19-8-9-22-3/h4-7,10H,8-9H2,1-3H3,(H,19,21)/b13-10+. The van der Waals surface area contributed by atoms with Crippen LogP contribution in [0.25, 0.3) is 17.0 Å². The SMILES string of the molecule is COCCNC(=O)/C(C#N)=C/c1c(C)n(C)c2ccccc12. The number of nitrogens with zero attached hydrogens (tertiary/aromatic N) is 2. The Morgan fingerprint density at radius 2 is 2.18 bits per heavy atom. The Labute approximate surface area is 129 Å². The third-order valence-electron chi connectivity index (χ3n) is 3.69. The van der Waals surface area contributed by atoms with Gasteiger partial charge in [-0.15, -0.1) is 0 Å². The van der Waals surface area contributed by atoms with Crippen LogP contribution in [0.1, 0.15) is 11.3 Å². The summed E-state index contributed by atoms with van der Waals surface area (Å²) in [7, 11) is 3.53. The zero-order chi connectivity index (χ0) is 16.1. The first kappa shape index (κ1) is 15.8. The van der Waals surface area contributed by atoms with Crippen molar-refractivity contribution in [1.29, 1.82) is 5.26 Å². The molecule has 0 unspecified atom stereocenters. The molecule has 0 fully saturated rings. The molecule has 0 aliphatic carbocycles. The van der Waals surface area contributed by atoms with Crippen molar-refractivity contribution >= 4 is 22.9 Å². The number of amides is 1. The predicted molar refractivity (Wildman–Crippen MR) is 86.1 cm³/mol. The summed E-state index contributed by atoms with van der Waals surface area (Å²) >= 11 is 0. The van der Waals surface area contributed by atoms with Gasteiger partial charge in [0, 0.05) is 42.9 Å². The number of benzene rings is 1. The number of nitriles is 1. The van der Waals surface area contributed by atoms with Crippen LogP contribution >= 0.6 is 0 Å². The third kappa shape index (κ3) is 3.02. The predicted octanol–water partition coefficient (Wildman–Crippen LogP) is 2.16. The molecule has 2 rings (SSSR count). The van der Waals surface area contributed by atoms with Crippen molar-refractivity contribution in [3.63, 3.8) is 0 Å². The van der Waals surface area contributed by atoms with E-state index in [9.17, 15) is 10.1 Å². The lowest BCUT2D eigenvalue weighted by molar-refractivity contribution is -0.117. The number of hydrogen-bond acceptors (Lipinski definition) is 3. The molecule has 0 saturated carbocycles. The maximum atomic E-state index is 12.0. The lowest BCUT2D eigenvalue weighted by Crippen LogP contribution is -2.27. The topological polar surface area (TPSA) is 67.0 Å². The Balaban J connectivity index is 2.40. The van der Waals surface area contributed by atoms with Gasteiger partial charge in [0.1, 0.15) is 11.6 Å². The molecular weight excluding hydrogens is 278 g/mol. The third-order valence-corrected chi connectivity index (χ3v) is 3.69. The van der Waals surface area contributed by atoms with Gasteiger partial charge in [0.2, 0.25) is 0 Å². The summed E-state index contributed by atoms with van der Waals surface area (Å²) in [5.41, 5.74) is 3.08. The highest BCUT2D eigenvalue weighted by Crippen LogP contribution is 2.26. The fourth-order valence-corrected chi connectivity index (χ4v) is 2.39. The lowest BCUT2D eigenvalue weighted by atomic mass is 10.1. The summed E-state index contributed by atoms with van der Waals surface area (Å²) in [6, 6.07) is 9.91. The number of carbonyl (C=O) groups excluding carboxylic acids is 1. The molecular formula is C17H19N3O2. The molecule has 0 radical (unpaired) electrons. The second kappa shape index (κ2) is 6.92. The van der Waals surface area contributed by atoms with Crippen LogP contribution in [0.2, 0.25) is 0 Å². The van der Waals surface area contributed by atoms with Gasteiger partial charge in [0.15, 0.2) is 0 Å². The molecule has 1 amide bonds. The molecule has 0 aliphatic rings. The quantitative estimate of drug-likeness (QED) is 0.522. The molecule has 0 saturated heterocycles. The van der Waals surface area contributed by atoms with Gasteiger partial charge >= 0.3 is 0 Å². The number of methoxy groups -OCH3 is 1. The van der Waals surface area contributed by atoms with Crippen LogP contribution in [0.5, 0.6) is 0 Å². The van der Waals surface area contributed by atoms with Gasteiger partial charge < -0.3 is 14.6 Å². The van der Waals surface area contributed by atoms with Crippen LogP contribution < -0.4 is 5.32 Å². The smallest absolute Gasteiger partial charge is 0.262 e. The second-order valence-corrected chi connectivity index (χ2v) is 4.99. The van der Waals surface area contributed by atoms with E-state index in [1.54, 1.807) is 13.2 Å². The normalized spacial score (nSPS) is 11.5. The molecule has 5 nitrogen and oxygen atoms in total. The van der Waals surface area contributed by atoms with Crippen LogP contribution in [-0.2, 0) is 16.6 Å². The number of carbonyl (C=O) groups is 1. The van der Waals surface area contributed by atoms with Crippen LogP contribution in [0.3, 0.4) is 0 Å². The van der Waals surface area contributed by atoms with E-state index in [-0.39, 0.29) is 11.5 Å². The summed E-state index contributed by atoms with van der Waals surface area (Å²) in [6.07, 6.45) is 1.65. The highest BCUT2D eigenvalue weighted by Gasteiger charge is 2.13. The molecule has 1 aromatic carbocycles. The number of fused-ring (bicyclic) bond motifs is 1. The Hall–Kier alpha value is -2.58. The van der Waals surface area contributed by atoms with Crippen molar-refractivity contribution in [1.82, 2.24) is 9.88 Å². The van der Waals surface area contributed by atoms with E-state index in [2.05, 4.69) is 9.88 Å². The van der Waals surface area contributed by atoms with E-state index in [0.29, 0.717) is 13.2 Å². The maximum Gasteiger partial charge on any atom is 0.262 e. The van der Waals surface area contributed by atoms with Gasteiger partial charge in [-0.05, 0) is 19.1 Å². The van der Waals surface area contributed by atoms with Crippen molar-refractivity contribution in [3.05, 3.63) is 41.1 Å². The number of ether oxygens (including phenoxy) is 1. The van der Waals surface area contributed by atoms with E-state index in [1.165, 1.54) is 0 Å². The minimum absolute atomic E-state index is 0.0931. The highest BCUT2D eigenvalue weighted by atomic mass is 16.5. The van der Waals surface area contributed by atoms with Crippen LogP contribution in [0.15, 0.2) is 29.8 Å². The molecule has 5 heteroatoms. The molecule has 1 N–H and O–H groups in total. The number of aromatic nitrogens is 1. The molecule has 0 bridgehead atoms. The minimum atomic E-state index is -0.383. The number of hydrogen-bond donors (Lipinski definition) is 1. The van der Waals surface area contributed by atoms with Crippen molar-refractivity contribution in [2.75, 3.05) is 20.3 Å². The van der Waals surface area contributed by atoms with E-state index in [1.807, 2.05) is 44.3 Å². The van der Waals surface area contributed by atoms with Crippen molar-refractivity contribution in [3.8, 4) is 6.07 Å². The Morgan fingerprint density at radius 1 is 1.45 bits per heavy atom. The summed E-state index contributed by atoms with van der Waals surface area (Å²) in [5.74, 6) is -0.383. The van der Waals surface area contributed by atoms with Crippen LogP contribution in [0.4, 0.5) is 0 Å².